The number of Topliss-reactive ketones (excluding diaryl/α,β-unsaturated/α-hetero) is 2. The van der Waals surface area contributed by atoms with E-state index in [1.54, 1.807) is 0 Å². The second-order valence-corrected chi connectivity index (χ2v) is 2.82. The lowest BCUT2D eigenvalue weighted by Crippen LogP contribution is -1.98. The number of carbonyl (C=O) groups excluding carboxylic acids is 3. The first-order valence-corrected chi connectivity index (χ1v) is 4.11. The van der Waals surface area contributed by atoms with Crippen LogP contribution in [0.15, 0.2) is 0 Å². The fourth-order valence-electron chi connectivity index (χ4n) is 0.891. The number of unbranched alkanes of at least 4 members (excludes halogenated alkanes) is 1. The Morgan fingerprint density at radius 1 is 1.17 bits per heavy atom. The maximum atomic E-state index is 10.8. The van der Waals surface area contributed by atoms with Crippen molar-refractivity contribution in [2.45, 2.75) is 39.0 Å². The maximum absolute atomic E-state index is 10.8. The van der Waals surface area contributed by atoms with Crippen molar-refractivity contribution in [3.05, 3.63) is 0 Å². The van der Waals surface area contributed by atoms with Gasteiger partial charge in [0.15, 0.2) is 0 Å². The summed E-state index contributed by atoms with van der Waals surface area (Å²) in [5.41, 5.74) is 0. The van der Waals surface area contributed by atoms with Gasteiger partial charge in [0.1, 0.15) is 17.9 Å². The van der Waals surface area contributed by atoms with Crippen molar-refractivity contribution >= 4 is 17.9 Å². The highest BCUT2D eigenvalue weighted by atomic mass is 16.1. The van der Waals surface area contributed by atoms with Gasteiger partial charge in [-0.25, -0.2) is 0 Å². The molecule has 0 aromatic rings. The van der Waals surface area contributed by atoms with Crippen LogP contribution in [-0.4, -0.2) is 17.9 Å². The van der Waals surface area contributed by atoms with Crippen LogP contribution in [0.2, 0.25) is 0 Å². The largest absolute Gasteiger partial charge is 0.303 e. The Balaban J connectivity index is 3.25. The smallest absolute Gasteiger partial charge is 0.139 e. The van der Waals surface area contributed by atoms with Crippen LogP contribution in [-0.2, 0) is 14.4 Å². The molecule has 0 aliphatic heterocycles. The fraction of sp³-hybridized carbons (Fsp3) is 0.667. The zero-order valence-corrected chi connectivity index (χ0v) is 7.34. The maximum Gasteiger partial charge on any atom is 0.139 e. The van der Waals surface area contributed by atoms with Crippen LogP contribution in [0.3, 0.4) is 0 Å². The highest BCUT2D eigenvalue weighted by Gasteiger charge is 2.00. The van der Waals surface area contributed by atoms with E-state index in [0.717, 1.165) is 6.42 Å². The first kappa shape index (κ1) is 11.0. The SMILES string of the molecule is CC(=O)CCCCC(=O)CC=O. The van der Waals surface area contributed by atoms with E-state index in [0.29, 0.717) is 25.5 Å². The Hall–Kier alpha value is -0.990. The van der Waals surface area contributed by atoms with Crippen molar-refractivity contribution in [2.75, 3.05) is 0 Å². The molecule has 0 bridgehead atoms. The van der Waals surface area contributed by atoms with Gasteiger partial charge >= 0.3 is 0 Å². The van der Waals surface area contributed by atoms with Crippen LogP contribution in [0, 0.1) is 0 Å². The lowest BCUT2D eigenvalue weighted by Gasteiger charge is -1.95. The van der Waals surface area contributed by atoms with Gasteiger partial charge in [-0.3, -0.25) is 4.79 Å². The Morgan fingerprint density at radius 2 is 1.75 bits per heavy atom. The molecule has 3 nitrogen and oxygen atoms in total. The molecule has 0 fully saturated rings. The van der Waals surface area contributed by atoms with Crippen molar-refractivity contribution in [3.63, 3.8) is 0 Å². The molecule has 0 spiro atoms. The summed E-state index contributed by atoms with van der Waals surface area (Å²) >= 11 is 0. The number of rotatable bonds is 7. The minimum Gasteiger partial charge on any atom is -0.303 e. The average molecular weight is 170 g/mol. The lowest BCUT2D eigenvalue weighted by molar-refractivity contribution is -0.123. The standard InChI is InChI=1S/C9H14O3/c1-8(11)4-2-3-5-9(12)6-7-10/h7H,2-6H2,1H3. The predicted octanol–water partition coefficient (Wildman–Crippen LogP) is 1.29. The van der Waals surface area contributed by atoms with Gasteiger partial charge in [-0.2, -0.15) is 0 Å². The van der Waals surface area contributed by atoms with Crippen molar-refractivity contribution in [1.82, 2.24) is 0 Å². The first-order chi connectivity index (χ1) is 5.66. The van der Waals surface area contributed by atoms with Gasteiger partial charge in [0.25, 0.3) is 0 Å². The fourth-order valence-corrected chi connectivity index (χ4v) is 0.891. The minimum atomic E-state index is -0.0337. The quantitative estimate of drug-likeness (QED) is 0.328. The van der Waals surface area contributed by atoms with E-state index in [9.17, 15) is 14.4 Å². The molecule has 0 unspecified atom stereocenters. The number of hydrogen-bond acceptors (Lipinski definition) is 3. The molecule has 0 saturated heterocycles. The number of ketones is 2. The summed E-state index contributed by atoms with van der Waals surface area (Å²) in [6, 6.07) is 0. The zero-order valence-electron chi connectivity index (χ0n) is 7.34. The van der Waals surface area contributed by atoms with Crippen LogP contribution in [0.5, 0.6) is 0 Å². The van der Waals surface area contributed by atoms with E-state index < -0.39 is 0 Å². The Bertz CT molecular complexity index is 173. The molecule has 68 valence electrons. The third kappa shape index (κ3) is 7.12. The first-order valence-electron chi connectivity index (χ1n) is 4.11. The van der Waals surface area contributed by atoms with E-state index in [1.165, 1.54) is 6.92 Å². The van der Waals surface area contributed by atoms with Crippen LogP contribution in [0.1, 0.15) is 39.0 Å². The second-order valence-electron chi connectivity index (χ2n) is 2.82. The van der Waals surface area contributed by atoms with Crippen LogP contribution < -0.4 is 0 Å². The molecular weight excluding hydrogens is 156 g/mol. The molecule has 0 N–H and O–H groups in total. The Kier molecular flexibility index (Phi) is 6.15. The van der Waals surface area contributed by atoms with E-state index >= 15 is 0 Å². The van der Waals surface area contributed by atoms with Gasteiger partial charge in [0.2, 0.25) is 0 Å². The average Bonchev–Trinajstić information content (AvgIpc) is 1.98. The number of carbonyl (C=O) groups is 3. The van der Waals surface area contributed by atoms with E-state index in [-0.39, 0.29) is 18.0 Å². The minimum absolute atomic E-state index is 0.0140. The van der Waals surface area contributed by atoms with Crippen molar-refractivity contribution in [1.29, 1.82) is 0 Å². The highest BCUT2D eigenvalue weighted by Crippen LogP contribution is 2.01. The van der Waals surface area contributed by atoms with Gasteiger partial charge in [0, 0.05) is 12.8 Å². The van der Waals surface area contributed by atoms with Crippen LogP contribution >= 0.6 is 0 Å². The molecule has 0 heterocycles. The molecule has 12 heavy (non-hydrogen) atoms. The molecule has 0 amide bonds. The molecule has 0 aromatic carbocycles. The molecule has 0 aromatic heterocycles. The van der Waals surface area contributed by atoms with Gasteiger partial charge in [-0.1, -0.05) is 0 Å². The van der Waals surface area contributed by atoms with Crippen LogP contribution in [0.4, 0.5) is 0 Å². The number of hydrogen-bond donors (Lipinski definition) is 0. The van der Waals surface area contributed by atoms with Gasteiger partial charge < -0.3 is 9.59 Å². The molecule has 0 saturated carbocycles. The molecule has 0 atom stereocenters. The molecule has 0 rings (SSSR count). The third-order valence-corrected chi connectivity index (χ3v) is 1.55. The topological polar surface area (TPSA) is 51.2 Å². The summed E-state index contributed by atoms with van der Waals surface area (Å²) in [7, 11) is 0. The summed E-state index contributed by atoms with van der Waals surface area (Å²) in [5.74, 6) is 0.117. The lowest BCUT2D eigenvalue weighted by atomic mass is 10.1. The predicted molar refractivity (Wildman–Crippen MR) is 44.8 cm³/mol. The molecule has 0 aliphatic rings. The van der Waals surface area contributed by atoms with Gasteiger partial charge in [-0.15, -0.1) is 0 Å². The van der Waals surface area contributed by atoms with Crippen molar-refractivity contribution < 1.29 is 14.4 Å². The Labute approximate surface area is 72.1 Å². The highest BCUT2D eigenvalue weighted by molar-refractivity contribution is 5.89. The summed E-state index contributed by atoms with van der Waals surface area (Å²) < 4.78 is 0. The van der Waals surface area contributed by atoms with E-state index in [1.807, 2.05) is 0 Å². The molecular formula is C9H14O3. The molecule has 3 heteroatoms. The molecule has 0 radical (unpaired) electrons. The van der Waals surface area contributed by atoms with Crippen molar-refractivity contribution in [3.8, 4) is 0 Å². The van der Waals surface area contributed by atoms with Gasteiger partial charge in [-0.05, 0) is 19.8 Å². The summed E-state index contributed by atoms with van der Waals surface area (Å²) in [4.78, 5) is 31.1. The molecule has 0 aliphatic carbocycles. The second kappa shape index (κ2) is 6.70. The van der Waals surface area contributed by atoms with Crippen molar-refractivity contribution in [2.24, 2.45) is 0 Å². The van der Waals surface area contributed by atoms with E-state index in [2.05, 4.69) is 0 Å². The summed E-state index contributed by atoms with van der Waals surface area (Å²) in [6.07, 6.45) is 3.06. The normalized spacial score (nSPS) is 9.42. The zero-order chi connectivity index (χ0) is 9.40. The third-order valence-electron chi connectivity index (χ3n) is 1.55. The van der Waals surface area contributed by atoms with Crippen LogP contribution in [0.25, 0.3) is 0 Å². The van der Waals surface area contributed by atoms with E-state index in [4.69, 9.17) is 0 Å². The van der Waals surface area contributed by atoms with Gasteiger partial charge in [0.05, 0.1) is 6.42 Å². The summed E-state index contributed by atoms with van der Waals surface area (Å²) in [5, 5.41) is 0. The monoisotopic (exact) mass is 170 g/mol. The number of aldehydes is 1. The Morgan fingerprint density at radius 3 is 2.25 bits per heavy atom. The summed E-state index contributed by atoms with van der Waals surface area (Å²) in [6.45, 7) is 1.53.